The van der Waals surface area contributed by atoms with E-state index in [0.717, 1.165) is 36.6 Å². The van der Waals surface area contributed by atoms with Crippen molar-refractivity contribution in [2.24, 2.45) is 0 Å². The number of nitrogens with zero attached hydrogens (tertiary/aromatic N) is 3. The molecule has 1 N–H and O–H groups in total. The van der Waals surface area contributed by atoms with Gasteiger partial charge in [0.15, 0.2) is 0 Å². The first kappa shape index (κ1) is 16.1. The maximum absolute atomic E-state index is 12.2. The predicted octanol–water partition coefficient (Wildman–Crippen LogP) is 1.10. The van der Waals surface area contributed by atoms with Gasteiger partial charge >= 0.3 is 0 Å². The molecule has 0 unspecified atom stereocenters. The molecule has 0 amide bonds. The summed E-state index contributed by atoms with van der Waals surface area (Å²) in [6.45, 7) is 1.82. The van der Waals surface area contributed by atoms with Crippen molar-refractivity contribution in [1.29, 1.82) is 0 Å². The zero-order valence-electron chi connectivity index (χ0n) is 12.7. The molecule has 1 aromatic heterocycles. The Kier molecular flexibility index (Phi) is 4.96. The fraction of sp³-hybridized carbons (Fsp3) is 0.846. The van der Waals surface area contributed by atoms with Gasteiger partial charge in [-0.15, -0.1) is 0 Å². The summed E-state index contributed by atoms with van der Waals surface area (Å²) in [7, 11) is -1.36. The van der Waals surface area contributed by atoms with Crippen LogP contribution in [0.15, 0.2) is 0 Å². The Balaban J connectivity index is 1.48. The highest BCUT2D eigenvalue weighted by Crippen LogP contribution is 2.32. The van der Waals surface area contributed by atoms with E-state index in [9.17, 15) is 8.42 Å². The standard InChI is InChI=1S/C13H22N4O3S2/c1-20-9-6-12-15-13(21-16-12)14-10-4-7-17(8-5-10)22(18,19)11-2-3-11/h10-11H,2-9H2,1H3,(H,14,15,16). The van der Waals surface area contributed by atoms with Crippen molar-refractivity contribution in [2.75, 3.05) is 32.1 Å². The Bertz CT molecular complexity index is 592. The Labute approximate surface area is 135 Å². The summed E-state index contributed by atoms with van der Waals surface area (Å²) < 4.78 is 35.3. The molecule has 2 aliphatic rings. The van der Waals surface area contributed by atoms with Gasteiger partial charge in [-0.25, -0.2) is 17.7 Å². The van der Waals surface area contributed by atoms with E-state index in [1.807, 2.05) is 0 Å². The first-order valence-corrected chi connectivity index (χ1v) is 9.94. The molecule has 1 saturated heterocycles. The number of hydrogen-bond acceptors (Lipinski definition) is 7. The van der Waals surface area contributed by atoms with Crippen molar-refractivity contribution in [1.82, 2.24) is 13.7 Å². The molecule has 2 fully saturated rings. The lowest BCUT2D eigenvalue weighted by Gasteiger charge is -2.31. The molecular formula is C13H22N4O3S2. The van der Waals surface area contributed by atoms with Gasteiger partial charge in [-0.2, -0.15) is 4.37 Å². The fourth-order valence-electron chi connectivity index (χ4n) is 2.61. The van der Waals surface area contributed by atoms with Gasteiger partial charge < -0.3 is 10.1 Å². The van der Waals surface area contributed by atoms with E-state index >= 15 is 0 Å². The van der Waals surface area contributed by atoms with Crippen molar-refractivity contribution < 1.29 is 13.2 Å². The van der Waals surface area contributed by atoms with E-state index in [-0.39, 0.29) is 11.3 Å². The lowest BCUT2D eigenvalue weighted by atomic mass is 10.1. The SMILES string of the molecule is COCCc1nsc(NC2CCN(S(=O)(=O)C3CC3)CC2)n1. The molecule has 7 nitrogen and oxygen atoms in total. The molecule has 124 valence electrons. The zero-order chi connectivity index (χ0) is 15.6. The number of methoxy groups -OCH3 is 1. The first-order chi connectivity index (χ1) is 10.6. The maximum Gasteiger partial charge on any atom is 0.216 e. The lowest BCUT2D eigenvalue weighted by molar-refractivity contribution is 0.201. The second kappa shape index (κ2) is 6.77. The molecule has 3 rings (SSSR count). The van der Waals surface area contributed by atoms with Crippen molar-refractivity contribution in [2.45, 2.75) is 43.4 Å². The topological polar surface area (TPSA) is 84.4 Å². The minimum atomic E-state index is -3.02. The van der Waals surface area contributed by atoms with Crippen LogP contribution in [0.2, 0.25) is 0 Å². The second-order valence-corrected chi connectivity index (χ2v) is 8.79. The van der Waals surface area contributed by atoms with Crippen molar-refractivity contribution >= 4 is 26.7 Å². The summed E-state index contributed by atoms with van der Waals surface area (Å²) in [6, 6.07) is 0.272. The number of hydrogen-bond donors (Lipinski definition) is 1. The predicted molar refractivity (Wildman–Crippen MR) is 85.6 cm³/mol. The highest BCUT2D eigenvalue weighted by Gasteiger charge is 2.41. The molecule has 1 aromatic rings. The van der Waals surface area contributed by atoms with E-state index < -0.39 is 10.0 Å². The third-order valence-corrected chi connectivity index (χ3v) is 7.17. The van der Waals surface area contributed by atoms with Gasteiger partial charge in [0.2, 0.25) is 15.2 Å². The molecule has 1 aliphatic carbocycles. The van der Waals surface area contributed by atoms with Crippen LogP contribution in [0.5, 0.6) is 0 Å². The van der Waals surface area contributed by atoms with Gasteiger partial charge in [-0.1, -0.05) is 0 Å². The number of sulfonamides is 1. The van der Waals surface area contributed by atoms with Crippen LogP contribution in [0.3, 0.4) is 0 Å². The number of anilines is 1. The fourth-order valence-corrected chi connectivity index (χ4v) is 5.18. The maximum atomic E-state index is 12.2. The van der Waals surface area contributed by atoms with Crippen LogP contribution in [0.1, 0.15) is 31.5 Å². The molecule has 0 atom stereocenters. The van der Waals surface area contributed by atoms with Gasteiger partial charge in [-0.3, -0.25) is 0 Å². The molecular weight excluding hydrogens is 324 g/mol. The summed E-state index contributed by atoms with van der Waals surface area (Å²) >= 11 is 1.36. The van der Waals surface area contributed by atoms with Crippen LogP contribution < -0.4 is 5.32 Å². The number of rotatable bonds is 7. The Morgan fingerprint density at radius 3 is 2.68 bits per heavy atom. The average Bonchev–Trinajstić information content (AvgIpc) is 3.29. The largest absolute Gasteiger partial charge is 0.384 e. The second-order valence-electron chi connectivity index (χ2n) is 5.82. The zero-order valence-corrected chi connectivity index (χ0v) is 14.3. The molecule has 0 aromatic carbocycles. The highest BCUT2D eigenvalue weighted by atomic mass is 32.2. The van der Waals surface area contributed by atoms with Crippen LogP contribution in [0.25, 0.3) is 0 Å². The molecule has 1 aliphatic heterocycles. The quantitative estimate of drug-likeness (QED) is 0.796. The van der Waals surface area contributed by atoms with Crippen LogP contribution in [0, 0.1) is 0 Å². The van der Waals surface area contributed by atoms with Crippen LogP contribution >= 0.6 is 11.5 Å². The number of aromatic nitrogens is 2. The smallest absolute Gasteiger partial charge is 0.216 e. The van der Waals surface area contributed by atoms with E-state index in [0.29, 0.717) is 26.1 Å². The highest BCUT2D eigenvalue weighted by molar-refractivity contribution is 7.90. The van der Waals surface area contributed by atoms with Crippen LogP contribution in [0.4, 0.5) is 5.13 Å². The van der Waals surface area contributed by atoms with Gasteiger partial charge in [0, 0.05) is 44.2 Å². The Morgan fingerprint density at radius 1 is 1.32 bits per heavy atom. The normalized spacial score (nSPS) is 21.1. The minimum absolute atomic E-state index is 0.108. The molecule has 0 bridgehead atoms. The number of nitrogens with one attached hydrogen (secondary N) is 1. The van der Waals surface area contributed by atoms with Crippen molar-refractivity contribution in [3.05, 3.63) is 5.82 Å². The van der Waals surface area contributed by atoms with Crippen molar-refractivity contribution in [3.63, 3.8) is 0 Å². The lowest BCUT2D eigenvalue weighted by Crippen LogP contribution is -2.43. The molecule has 0 spiro atoms. The number of ether oxygens (including phenoxy) is 1. The van der Waals surface area contributed by atoms with Crippen LogP contribution in [-0.2, 0) is 21.2 Å². The summed E-state index contributed by atoms with van der Waals surface area (Å²) in [4.78, 5) is 4.43. The molecule has 2 heterocycles. The molecule has 0 radical (unpaired) electrons. The first-order valence-electron chi connectivity index (χ1n) is 7.66. The Hall–Kier alpha value is -0.770. The Morgan fingerprint density at radius 2 is 2.05 bits per heavy atom. The third kappa shape index (κ3) is 3.76. The van der Waals surface area contributed by atoms with E-state index in [4.69, 9.17) is 4.74 Å². The molecule has 1 saturated carbocycles. The molecule has 9 heteroatoms. The summed E-state index contributed by atoms with van der Waals surface area (Å²) in [5.41, 5.74) is 0. The summed E-state index contributed by atoms with van der Waals surface area (Å²) in [5.74, 6) is 0.795. The van der Waals surface area contributed by atoms with E-state index in [1.54, 1.807) is 11.4 Å². The van der Waals surface area contributed by atoms with Gasteiger partial charge in [0.25, 0.3) is 0 Å². The van der Waals surface area contributed by atoms with E-state index in [1.165, 1.54) is 11.5 Å². The third-order valence-electron chi connectivity index (χ3n) is 4.08. The van der Waals surface area contributed by atoms with Crippen molar-refractivity contribution in [3.8, 4) is 0 Å². The number of piperidine rings is 1. The monoisotopic (exact) mass is 346 g/mol. The minimum Gasteiger partial charge on any atom is -0.384 e. The van der Waals surface area contributed by atoms with Gasteiger partial charge in [0.1, 0.15) is 5.82 Å². The van der Waals surface area contributed by atoms with E-state index in [2.05, 4.69) is 14.7 Å². The van der Waals surface area contributed by atoms with Gasteiger partial charge in [-0.05, 0) is 25.7 Å². The summed E-state index contributed by atoms with van der Waals surface area (Å²) in [6.07, 6.45) is 4.01. The molecule has 22 heavy (non-hydrogen) atoms. The average molecular weight is 346 g/mol. The van der Waals surface area contributed by atoms with Crippen LogP contribution in [-0.4, -0.2) is 60.2 Å². The van der Waals surface area contributed by atoms with Gasteiger partial charge in [0.05, 0.1) is 11.9 Å². The summed E-state index contributed by atoms with van der Waals surface area (Å²) in [5, 5.41) is 4.08.